The number of amides is 3. The molecule has 0 radical (unpaired) electrons. The topological polar surface area (TPSA) is 90.0 Å². The maximum absolute atomic E-state index is 12.5. The van der Waals surface area contributed by atoms with Gasteiger partial charge in [0.05, 0.1) is 18.1 Å². The average Bonchev–Trinajstić information content (AvgIpc) is 2.90. The lowest BCUT2D eigenvalue weighted by Crippen LogP contribution is -2.62. The molecule has 0 bridgehead atoms. The van der Waals surface area contributed by atoms with Crippen LogP contribution in [0.3, 0.4) is 0 Å². The number of aliphatic hydroxyl groups is 1. The Labute approximate surface area is 129 Å². The van der Waals surface area contributed by atoms with E-state index in [-0.39, 0.29) is 30.8 Å². The molecule has 7 nitrogen and oxygen atoms in total. The smallest absolute Gasteiger partial charge is 0.242 e. The van der Waals surface area contributed by atoms with Gasteiger partial charge in [0.2, 0.25) is 17.7 Å². The fourth-order valence-corrected chi connectivity index (χ4v) is 3.79. The number of likely N-dealkylation sites (tertiary alicyclic amines) is 2. The Balaban J connectivity index is 1.68. The minimum absolute atomic E-state index is 0.0236. The third-order valence-electron chi connectivity index (χ3n) is 5.17. The molecule has 3 aliphatic rings. The summed E-state index contributed by atoms with van der Waals surface area (Å²) in [7, 11) is 0. The maximum atomic E-state index is 12.5. The van der Waals surface area contributed by atoms with E-state index in [2.05, 4.69) is 5.32 Å². The van der Waals surface area contributed by atoms with E-state index in [1.165, 1.54) is 0 Å². The standard InChI is InChI=1S/C15H23N3O4/c19-11-4-8-18(10-15(11)5-2-6-16-14(15)22)13(21)9-17-7-1-3-12(17)20/h11,19H,1-10H2,(H,16,22)/t11-,15-/m1/s1. The first-order valence-corrected chi connectivity index (χ1v) is 8.05. The van der Waals surface area contributed by atoms with Crippen LogP contribution in [0, 0.1) is 5.41 Å². The fourth-order valence-electron chi connectivity index (χ4n) is 3.79. The molecule has 3 saturated heterocycles. The zero-order valence-corrected chi connectivity index (χ0v) is 12.7. The number of carbonyl (C=O) groups excluding carboxylic acids is 3. The van der Waals surface area contributed by atoms with Crippen molar-refractivity contribution in [2.24, 2.45) is 5.41 Å². The molecule has 3 amide bonds. The number of nitrogens with zero attached hydrogens (tertiary/aromatic N) is 2. The molecule has 122 valence electrons. The SMILES string of the molecule is O=C1CCCN1CC(=O)N1CC[C@@H](O)[C@@]2(CCCNC2=O)C1. The minimum atomic E-state index is -0.874. The van der Waals surface area contributed by atoms with Crippen molar-refractivity contribution >= 4 is 17.7 Å². The molecule has 0 saturated carbocycles. The molecule has 0 aromatic carbocycles. The number of rotatable bonds is 2. The summed E-state index contributed by atoms with van der Waals surface area (Å²) in [4.78, 5) is 39.6. The molecule has 3 heterocycles. The number of hydrogen-bond donors (Lipinski definition) is 2. The van der Waals surface area contributed by atoms with E-state index in [1.54, 1.807) is 9.80 Å². The lowest BCUT2D eigenvalue weighted by Gasteiger charge is -2.47. The van der Waals surface area contributed by atoms with E-state index in [0.717, 1.165) is 12.8 Å². The van der Waals surface area contributed by atoms with Crippen molar-refractivity contribution in [1.82, 2.24) is 15.1 Å². The summed E-state index contributed by atoms with van der Waals surface area (Å²) >= 11 is 0. The van der Waals surface area contributed by atoms with Crippen LogP contribution in [-0.4, -0.2) is 71.5 Å². The second kappa shape index (κ2) is 5.87. The maximum Gasteiger partial charge on any atom is 0.242 e. The van der Waals surface area contributed by atoms with Gasteiger partial charge in [-0.3, -0.25) is 14.4 Å². The first-order valence-electron chi connectivity index (χ1n) is 8.05. The van der Waals surface area contributed by atoms with Crippen LogP contribution in [0.25, 0.3) is 0 Å². The van der Waals surface area contributed by atoms with E-state index in [9.17, 15) is 19.5 Å². The van der Waals surface area contributed by atoms with Gasteiger partial charge in [-0.1, -0.05) is 0 Å². The largest absolute Gasteiger partial charge is 0.392 e. The van der Waals surface area contributed by atoms with Gasteiger partial charge < -0.3 is 20.2 Å². The number of nitrogens with one attached hydrogen (secondary N) is 1. The van der Waals surface area contributed by atoms with Crippen molar-refractivity contribution in [2.75, 3.05) is 32.7 Å². The first kappa shape index (κ1) is 15.3. The molecular weight excluding hydrogens is 286 g/mol. The molecule has 3 rings (SSSR count). The van der Waals surface area contributed by atoms with Crippen LogP contribution in [0.1, 0.15) is 32.1 Å². The fraction of sp³-hybridized carbons (Fsp3) is 0.800. The number of hydrogen-bond acceptors (Lipinski definition) is 4. The predicted molar refractivity (Wildman–Crippen MR) is 77.7 cm³/mol. The Hall–Kier alpha value is -1.63. The normalized spacial score (nSPS) is 32.5. The van der Waals surface area contributed by atoms with Gasteiger partial charge in [-0.05, 0) is 25.7 Å². The van der Waals surface area contributed by atoms with Crippen molar-refractivity contribution < 1.29 is 19.5 Å². The molecule has 1 spiro atoms. The van der Waals surface area contributed by atoms with Crippen LogP contribution in [0.4, 0.5) is 0 Å². The molecule has 2 N–H and O–H groups in total. The highest BCUT2D eigenvalue weighted by Crippen LogP contribution is 2.37. The van der Waals surface area contributed by atoms with E-state index in [4.69, 9.17) is 0 Å². The summed E-state index contributed by atoms with van der Waals surface area (Å²) < 4.78 is 0. The molecule has 22 heavy (non-hydrogen) atoms. The molecule has 0 unspecified atom stereocenters. The molecule has 3 aliphatic heterocycles. The van der Waals surface area contributed by atoms with Gasteiger partial charge in [0.1, 0.15) is 0 Å². The van der Waals surface area contributed by atoms with Crippen LogP contribution in [0.15, 0.2) is 0 Å². The van der Waals surface area contributed by atoms with Crippen LogP contribution < -0.4 is 5.32 Å². The lowest BCUT2D eigenvalue weighted by molar-refractivity contribution is -0.156. The highest BCUT2D eigenvalue weighted by atomic mass is 16.3. The highest BCUT2D eigenvalue weighted by Gasteiger charge is 2.50. The third-order valence-corrected chi connectivity index (χ3v) is 5.17. The summed E-state index contributed by atoms with van der Waals surface area (Å²) in [6, 6.07) is 0. The van der Waals surface area contributed by atoms with Crippen LogP contribution in [-0.2, 0) is 14.4 Å². The van der Waals surface area contributed by atoms with Gasteiger partial charge in [-0.15, -0.1) is 0 Å². The van der Waals surface area contributed by atoms with E-state index >= 15 is 0 Å². The molecule has 0 aromatic rings. The van der Waals surface area contributed by atoms with E-state index < -0.39 is 11.5 Å². The summed E-state index contributed by atoms with van der Waals surface area (Å²) in [5, 5.41) is 13.1. The quantitative estimate of drug-likeness (QED) is 0.692. The molecular formula is C15H23N3O4. The monoisotopic (exact) mass is 309 g/mol. The zero-order chi connectivity index (χ0) is 15.7. The predicted octanol–water partition coefficient (Wildman–Crippen LogP) is -0.902. The average molecular weight is 309 g/mol. The lowest BCUT2D eigenvalue weighted by atomic mass is 9.71. The minimum Gasteiger partial charge on any atom is -0.392 e. The van der Waals surface area contributed by atoms with Gasteiger partial charge in [-0.25, -0.2) is 0 Å². The number of carbonyl (C=O) groups is 3. The summed E-state index contributed by atoms with van der Waals surface area (Å²) in [6.07, 6.45) is 2.44. The summed E-state index contributed by atoms with van der Waals surface area (Å²) in [6.45, 7) is 2.04. The van der Waals surface area contributed by atoms with E-state index in [0.29, 0.717) is 38.9 Å². The van der Waals surface area contributed by atoms with Crippen molar-refractivity contribution in [3.8, 4) is 0 Å². The molecule has 2 atom stereocenters. The number of aliphatic hydroxyl groups excluding tert-OH is 1. The van der Waals surface area contributed by atoms with Gasteiger partial charge >= 0.3 is 0 Å². The molecule has 0 aromatic heterocycles. The Bertz CT molecular complexity index is 495. The number of piperidine rings is 2. The Morgan fingerprint density at radius 2 is 2.14 bits per heavy atom. The van der Waals surface area contributed by atoms with Crippen molar-refractivity contribution in [2.45, 2.75) is 38.2 Å². The summed E-state index contributed by atoms with van der Waals surface area (Å²) in [5.41, 5.74) is -0.874. The Morgan fingerprint density at radius 1 is 1.32 bits per heavy atom. The van der Waals surface area contributed by atoms with Gasteiger partial charge in [0, 0.05) is 32.6 Å². The molecule has 3 fully saturated rings. The van der Waals surface area contributed by atoms with Crippen molar-refractivity contribution in [1.29, 1.82) is 0 Å². The van der Waals surface area contributed by atoms with Crippen molar-refractivity contribution in [3.63, 3.8) is 0 Å². The zero-order valence-electron chi connectivity index (χ0n) is 12.7. The molecule has 7 heteroatoms. The highest BCUT2D eigenvalue weighted by molar-refractivity contribution is 5.88. The van der Waals surface area contributed by atoms with Crippen LogP contribution in [0.5, 0.6) is 0 Å². The Kier molecular flexibility index (Phi) is 4.08. The second-order valence-corrected chi connectivity index (χ2v) is 6.55. The summed E-state index contributed by atoms with van der Waals surface area (Å²) in [5.74, 6) is -0.253. The van der Waals surface area contributed by atoms with Gasteiger partial charge in [-0.2, -0.15) is 0 Å². The van der Waals surface area contributed by atoms with Crippen LogP contribution >= 0.6 is 0 Å². The van der Waals surface area contributed by atoms with Gasteiger partial charge in [0.15, 0.2) is 0 Å². The third kappa shape index (κ3) is 2.58. The molecule has 0 aliphatic carbocycles. The first-order chi connectivity index (χ1) is 10.5. The van der Waals surface area contributed by atoms with Gasteiger partial charge in [0.25, 0.3) is 0 Å². The van der Waals surface area contributed by atoms with E-state index in [1.807, 2.05) is 0 Å². The Morgan fingerprint density at radius 3 is 2.82 bits per heavy atom. The second-order valence-electron chi connectivity index (χ2n) is 6.55. The van der Waals surface area contributed by atoms with Crippen molar-refractivity contribution in [3.05, 3.63) is 0 Å². The van der Waals surface area contributed by atoms with Crippen LogP contribution in [0.2, 0.25) is 0 Å².